The van der Waals surface area contributed by atoms with Crippen LogP contribution in [0.2, 0.25) is 5.02 Å². The summed E-state index contributed by atoms with van der Waals surface area (Å²) in [6, 6.07) is 14.9. The van der Waals surface area contributed by atoms with E-state index in [1.807, 2.05) is 38.1 Å². The third-order valence-electron chi connectivity index (χ3n) is 3.57. The van der Waals surface area contributed by atoms with Crippen molar-refractivity contribution in [1.29, 1.82) is 0 Å². The molecule has 1 atom stereocenters. The average molecular weight is 358 g/mol. The molecule has 0 saturated heterocycles. The highest BCUT2D eigenvalue weighted by atomic mass is 35.5. The minimum atomic E-state index is -0.284. The molecule has 0 spiro atoms. The summed E-state index contributed by atoms with van der Waals surface area (Å²) < 4.78 is 0. The number of carbonyl (C=O) groups excluding carboxylic acids is 1. The zero-order valence-corrected chi connectivity index (χ0v) is 14.9. The lowest BCUT2D eigenvalue weighted by Gasteiger charge is -2.07. The summed E-state index contributed by atoms with van der Waals surface area (Å²) in [6.45, 7) is 3.89. The second-order valence-corrected chi connectivity index (χ2v) is 7.21. The number of aromatic nitrogens is 3. The maximum absolute atomic E-state index is 12.4. The number of nitrogens with zero attached hydrogens (tertiary/aromatic N) is 2. The van der Waals surface area contributed by atoms with Gasteiger partial charge >= 0.3 is 0 Å². The molecule has 1 aromatic heterocycles. The molecule has 0 bridgehead atoms. The molecule has 0 radical (unpaired) electrons. The molecular formula is C18H16ClN3OS. The molecule has 3 rings (SSSR count). The summed E-state index contributed by atoms with van der Waals surface area (Å²) in [5.41, 5.74) is 2.79. The molecule has 0 saturated carbocycles. The van der Waals surface area contributed by atoms with Crippen LogP contribution in [0.15, 0.2) is 53.7 Å². The van der Waals surface area contributed by atoms with E-state index in [9.17, 15) is 4.79 Å². The minimum absolute atomic E-state index is 0.0263. The highest BCUT2D eigenvalue weighted by Crippen LogP contribution is 2.25. The van der Waals surface area contributed by atoms with Crippen molar-refractivity contribution in [1.82, 2.24) is 15.2 Å². The van der Waals surface area contributed by atoms with Crippen LogP contribution < -0.4 is 0 Å². The summed E-state index contributed by atoms with van der Waals surface area (Å²) in [4.78, 5) is 16.9. The first-order chi connectivity index (χ1) is 11.5. The summed E-state index contributed by atoms with van der Waals surface area (Å²) in [6.07, 6.45) is 0. The molecule has 1 N–H and O–H groups in total. The quantitative estimate of drug-likeness (QED) is 0.526. The van der Waals surface area contributed by atoms with E-state index in [2.05, 4.69) is 15.2 Å². The van der Waals surface area contributed by atoms with E-state index in [1.54, 1.807) is 24.3 Å². The number of aryl methyl sites for hydroxylation is 1. The second kappa shape index (κ2) is 7.20. The van der Waals surface area contributed by atoms with Crippen molar-refractivity contribution in [3.05, 3.63) is 64.7 Å². The van der Waals surface area contributed by atoms with Gasteiger partial charge in [-0.1, -0.05) is 53.2 Å². The summed E-state index contributed by atoms with van der Waals surface area (Å²) in [5.74, 6) is 0.724. The van der Waals surface area contributed by atoms with Gasteiger partial charge in [0.15, 0.2) is 11.6 Å². The Morgan fingerprint density at radius 2 is 1.79 bits per heavy atom. The van der Waals surface area contributed by atoms with Gasteiger partial charge in [0.05, 0.1) is 5.25 Å². The van der Waals surface area contributed by atoms with Crippen LogP contribution in [-0.2, 0) is 0 Å². The molecule has 1 heterocycles. The number of rotatable bonds is 5. The van der Waals surface area contributed by atoms with Crippen molar-refractivity contribution in [2.75, 3.05) is 0 Å². The van der Waals surface area contributed by atoms with Gasteiger partial charge in [-0.05, 0) is 38.1 Å². The Morgan fingerprint density at radius 1 is 1.12 bits per heavy atom. The molecule has 24 heavy (non-hydrogen) atoms. The van der Waals surface area contributed by atoms with E-state index >= 15 is 0 Å². The van der Waals surface area contributed by atoms with Crippen molar-refractivity contribution >= 4 is 29.1 Å². The smallest absolute Gasteiger partial charge is 0.209 e. The van der Waals surface area contributed by atoms with Crippen LogP contribution in [0.3, 0.4) is 0 Å². The maximum atomic E-state index is 12.4. The molecule has 3 aromatic rings. The lowest BCUT2D eigenvalue weighted by atomic mass is 10.1. The third kappa shape index (κ3) is 3.86. The molecule has 4 nitrogen and oxygen atoms in total. The Hall–Kier alpha value is -2.11. The molecule has 0 aliphatic carbocycles. The number of ketones is 1. The van der Waals surface area contributed by atoms with Gasteiger partial charge in [-0.25, -0.2) is 4.98 Å². The van der Waals surface area contributed by atoms with Crippen molar-refractivity contribution in [2.45, 2.75) is 24.3 Å². The summed E-state index contributed by atoms with van der Waals surface area (Å²) in [7, 11) is 0. The first-order valence-electron chi connectivity index (χ1n) is 7.49. The predicted molar refractivity (Wildman–Crippen MR) is 97.7 cm³/mol. The molecule has 0 unspecified atom stereocenters. The van der Waals surface area contributed by atoms with E-state index in [-0.39, 0.29) is 11.0 Å². The average Bonchev–Trinajstić information content (AvgIpc) is 3.04. The van der Waals surface area contributed by atoms with Crippen LogP contribution >= 0.6 is 23.4 Å². The van der Waals surface area contributed by atoms with Gasteiger partial charge in [0.2, 0.25) is 5.16 Å². The van der Waals surface area contributed by atoms with E-state index in [4.69, 9.17) is 11.6 Å². The van der Waals surface area contributed by atoms with E-state index in [0.29, 0.717) is 21.6 Å². The molecule has 0 aliphatic heterocycles. The lowest BCUT2D eigenvalue weighted by molar-refractivity contribution is 0.0994. The Balaban J connectivity index is 1.70. The first kappa shape index (κ1) is 16.7. The number of halogens is 1. The maximum Gasteiger partial charge on any atom is 0.209 e. The number of Topliss-reactive ketones (excluding diaryl/α,β-unsaturated/α-hetero) is 1. The molecule has 0 amide bonds. The monoisotopic (exact) mass is 357 g/mol. The molecule has 0 fully saturated rings. The number of benzene rings is 2. The fraction of sp³-hybridized carbons (Fsp3) is 0.167. The van der Waals surface area contributed by atoms with Gasteiger partial charge < -0.3 is 0 Å². The topological polar surface area (TPSA) is 58.6 Å². The summed E-state index contributed by atoms with van der Waals surface area (Å²) in [5, 5.41) is 8.01. The number of carbonyl (C=O) groups is 1. The molecule has 2 aromatic carbocycles. The van der Waals surface area contributed by atoms with Crippen LogP contribution in [0.5, 0.6) is 0 Å². The standard InChI is InChI=1S/C18H16ClN3OS/c1-11-3-5-14(6-4-11)17-20-18(22-21-17)24-12(2)16(23)13-7-9-15(19)10-8-13/h3-10,12H,1-2H3,(H,20,21,22)/t12-/m1/s1. The molecule has 122 valence electrons. The van der Waals surface area contributed by atoms with Crippen molar-refractivity contribution in [3.8, 4) is 11.4 Å². The normalized spacial score (nSPS) is 12.1. The predicted octanol–water partition coefficient (Wildman–Crippen LogP) is 4.80. The molecule has 0 aliphatic rings. The van der Waals surface area contributed by atoms with E-state index in [0.717, 1.165) is 5.56 Å². The van der Waals surface area contributed by atoms with Crippen molar-refractivity contribution < 1.29 is 4.79 Å². The Morgan fingerprint density at radius 3 is 2.46 bits per heavy atom. The van der Waals surface area contributed by atoms with Gasteiger partial charge in [-0.15, -0.1) is 5.10 Å². The van der Waals surface area contributed by atoms with Gasteiger partial charge in [0, 0.05) is 16.1 Å². The SMILES string of the molecule is Cc1ccc(-c2nc(S[C@H](C)C(=O)c3ccc(Cl)cc3)n[nH]2)cc1. The van der Waals surface area contributed by atoms with Crippen LogP contribution in [-0.4, -0.2) is 26.2 Å². The van der Waals surface area contributed by atoms with Crippen LogP contribution in [0.4, 0.5) is 0 Å². The van der Waals surface area contributed by atoms with Gasteiger partial charge in [0.1, 0.15) is 0 Å². The van der Waals surface area contributed by atoms with E-state index in [1.165, 1.54) is 17.3 Å². The van der Waals surface area contributed by atoms with E-state index < -0.39 is 0 Å². The van der Waals surface area contributed by atoms with Crippen molar-refractivity contribution in [2.24, 2.45) is 0 Å². The highest BCUT2D eigenvalue weighted by molar-refractivity contribution is 8.00. The largest absolute Gasteiger partial charge is 0.293 e. The van der Waals surface area contributed by atoms with Gasteiger partial charge in [-0.3, -0.25) is 9.89 Å². The van der Waals surface area contributed by atoms with Crippen molar-refractivity contribution in [3.63, 3.8) is 0 Å². The number of hydrogen-bond acceptors (Lipinski definition) is 4. The number of H-pyrrole nitrogens is 1. The number of hydrogen-bond donors (Lipinski definition) is 1. The number of nitrogens with one attached hydrogen (secondary N) is 1. The van der Waals surface area contributed by atoms with Crippen LogP contribution in [0.1, 0.15) is 22.8 Å². The Kier molecular flexibility index (Phi) is 5.02. The van der Waals surface area contributed by atoms with Crippen LogP contribution in [0.25, 0.3) is 11.4 Å². The second-order valence-electron chi connectivity index (χ2n) is 5.46. The molecular weight excluding hydrogens is 342 g/mol. The Bertz CT molecular complexity index is 843. The zero-order valence-electron chi connectivity index (χ0n) is 13.3. The fourth-order valence-electron chi connectivity index (χ4n) is 2.20. The summed E-state index contributed by atoms with van der Waals surface area (Å²) >= 11 is 7.19. The lowest BCUT2D eigenvalue weighted by Crippen LogP contribution is -2.13. The fourth-order valence-corrected chi connectivity index (χ4v) is 3.13. The highest BCUT2D eigenvalue weighted by Gasteiger charge is 2.19. The third-order valence-corrected chi connectivity index (χ3v) is 4.78. The Labute approximate surface area is 149 Å². The minimum Gasteiger partial charge on any atom is -0.293 e. The zero-order chi connectivity index (χ0) is 17.1. The number of thioether (sulfide) groups is 1. The molecule has 6 heteroatoms. The number of aromatic amines is 1. The van der Waals surface area contributed by atoms with Crippen LogP contribution in [0, 0.1) is 6.92 Å². The first-order valence-corrected chi connectivity index (χ1v) is 8.74. The van der Waals surface area contributed by atoms with Gasteiger partial charge in [-0.2, -0.15) is 0 Å². The van der Waals surface area contributed by atoms with Gasteiger partial charge in [0.25, 0.3) is 0 Å².